The van der Waals surface area contributed by atoms with Gasteiger partial charge >= 0.3 is 0 Å². The first-order valence-corrected chi connectivity index (χ1v) is 5.99. The molecular formula is C9H14N2O3S. The molecule has 0 aliphatic carbocycles. The van der Waals surface area contributed by atoms with Crippen molar-refractivity contribution < 1.29 is 13.5 Å². The number of nitrogens with one attached hydrogen (secondary N) is 1. The fourth-order valence-corrected chi connectivity index (χ4v) is 1.54. The van der Waals surface area contributed by atoms with Gasteiger partial charge in [-0.05, 0) is 31.2 Å². The molecule has 6 heteroatoms. The summed E-state index contributed by atoms with van der Waals surface area (Å²) in [6.07, 6.45) is -0.456. The van der Waals surface area contributed by atoms with Crippen LogP contribution in [-0.4, -0.2) is 26.2 Å². The first-order valence-electron chi connectivity index (χ1n) is 4.44. The highest BCUT2D eigenvalue weighted by molar-refractivity contribution is 7.89. The summed E-state index contributed by atoms with van der Waals surface area (Å²) in [6, 6.07) is 6.03. The Kier molecular flexibility index (Phi) is 3.67. The Labute approximate surface area is 89.0 Å². The van der Waals surface area contributed by atoms with Crippen LogP contribution < -0.4 is 10.5 Å². The molecule has 1 aromatic carbocycles. The highest BCUT2D eigenvalue weighted by Crippen LogP contribution is 2.12. The van der Waals surface area contributed by atoms with Gasteiger partial charge < -0.3 is 10.4 Å². The molecule has 0 aliphatic heterocycles. The van der Waals surface area contributed by atoms with Crippen molar-refractivity contribution in [2.24, 2.45) is 5.14 Å². The van der Waals surface area contributed by atoms with Gasteiger partial charge in [0.05, 0.1) is 11.0 Å². The number of benzene rings is 1. The molecule has 1 aromatic rings. The summed E-state index contributed by atoms with van der Waals surface area (Å²) in [5.74, 6) is 0. The molecule has 1 rings (SSSR count). The maximum absolute atomic E-state index is 10.9. The van der Waals surface area contributed by atoms with E-state index in [1.807, 2.05) is 0 Å². The smallest absolute Gasteiger partial charge is 0.238 e. The second-order valence-electron chi connectivity index (χ2n) is 3.30. The SMILES string of the molecule is CC(O)CNc1ccc(S(N)(=O)=O)cc1. The number of rotatable bonds is 4. The van der Waals surface area contributed by atoms with Gasteiger partial charge in [-0.15, -0.1) is 0 Å². The molecule has 0 aliphatic rings. The fraction of sp³-hybridized carbons (Fsp3) is 0.333. The Morgan fingerprint density at radius 3 is 2.33 bits per heavy atom. The van der Waals surface area contributed by atoms with Crippen molar-refractivity contribution >= 4 is 15.7 Å². The second-order valence-corrected chi connectivity index (χ2v) is 4.86. The van der Waals surface area contributed by atoms with Crippen molar-refractivity contribution in [3.8, 4) is 0 Å². The van der Waals surface area contributed by atoms with Gasteiger partial charge in [-0.25, -0.2) is 13.6 Å². The minimum atomic E-state index is -3.63. The number of anilines is 1. The maximum atomic E-state index is 10.9. The van der Waals surface area contributed by atoms with E-state index in [1.54, 1.807) is 19.1 Å². The van der Waals surface area contributed by atoms with E-state index < -0.39 is 16.1 Å². The molecule has 84 valence electrons. The van der Waals surface area contributed by atoms with Crippen LogP contribution in [0.5, 0.6) is 0 Å². The number of aliphatic hydroxyl groups is 1. The minimum absolute atomic E-state index is 0.0742. The summed E-state index contributed by atoms with van der Waals surface area (Å²) in [7, 11) is -3.63. The Balaban J connectivity index is 2.73. The fourth-order valence-electron chi connectivity index (χ4n) is 1.03. The molecule has 0 heterocycles. The van der Waals surface area contributed by atoms with Crippen LogP contribution in [-0.2, 0) is 10.0 Å². The lowest BCUT2D eigenvalue weighted by Gasteiger charge is -2.08. The molecule has 0 radical (unpaired) electrons. The first-order chi connectivity index (χ1) is 6.89. The monoisotopic (exact) mass is 230 g/mol. The zero-order valence-corrected chi connectivity index (χ0v) is 9.16. The zero-order chi connectivity index (χ0) is 11.5. The number of aliphatic hydroxyl groups excluding tert-OH is 1. The minimum Gasteiger partial charge on any atom is -0.392 e. The Hall–Kier alpha value is -1.11. The van der Waals surface area contributed by atoms with Gasteiger partial charge in [-0.1, -0.05) is 0 Å². The van der Waals surface area contributed by atoms with Crippen LogP contribution >= 0.6 is 0 Å². The van der Waals surface area contributed by atoms with E-state index in [1.165, 1.54) is 12.1 Å². The van der Waals surface area contributed by atoms with Crippen molar-refractivity contribution in [1.29, 1.82) is 0 Å². The molecule has 0 amide bonds. The average Bonchev–Trinajstić information content (AvgIpc) is 2.14. The standard InChI is InChI=1S/C9H14N2O3S/c1-7(12)6-11-8-2-4-9(5-3-8)15(10,13)14/h2-5,7,11-12H,6H2,1H3,(H2,10,13,14). The Morgan fingerprint density at radius 1 is 1.40 bits per heavy atom. The second kappa shape index (κ2) is 4.61. The van der Waals surface area contributed by atoms with Crippen LogP contribution in [0.3, 0.4) is 0 Å². The number of hydrogen-bond donors (Lipinski definition) is 3. The molecule has 0 fully saturated rings. The topological polar surface area (TPSA) is 92.4 Å². The predicted molar refractivity (Wildman–Crippen MR) is 58.0 cm³/mol. The van der Waals surface area contributed by atoms with Crippen LogP contribution in [0, 0.1) is 0 Å². The van der Waals surface area contributed by atoms with Crippen molar-refractivity contribution in [1.82, 2.24) is 0 Å². The lowest BCUT2D eigenvalue weighted by atomic mass is 10.3. The van der Waals surface area contributed by atoms with Crippen LogP contribution in [0.1, 0.15) is 6.92 Å². The summed E-state index contributed by atoms with van der Waals surface area (Å²) in [6.45, 7) is 2.07. The number of hydrogen-bond acceptors (Lipinski definition) is 4. The van der Waals surface area contributed by atoms with Gasteiger partial charge in [0.15, 0.2) is 0 Å². The van der Waals surface area contributed by atoms with E-state index in [0.29, 0.717) is 6.54 Å². The third-order valence-electron chi connectivity index (χ3n) is 1.78. The average molecular weight is 230 g/mol. The normalized spacial score (nSPS) is 13.5. The molecule has 4 N–H and O–H groups in total. The van der Waals surface area contributed by atoms with Crippen molar-refractivity contribution in [3.63, 3.8) is 0 Å². The van der Waals surface area contributed by atoms with E-state index >= 15 is 0 Å². The summed E-state index contributed by atoms with van der Waals surface area (Å²) < 4.78 is 21.9. The van der Waals surface area contributed by atoms with E-state index in [9.17, 15) is 8.42 Å². The third kappa shape index (κ3) is 3.86. The number of sulfonamides is 1. The molecule has 15 heavy (non-hydrogen) atoms. The third-order valence-corrected chi connectivity index (χ3v) is 2.71. The van der Waals surface area contributed by atoms with Gasteiger partial charge in [-0.3, -0.25) is 0 Å². The van der Waals surface area contributed by atoms with Crippen molar-refractivity contribution in [2.45, 2.75) is 17.9 Å². The molecular weight excluding hydrogens is 216 g/mol. The predicted octanol–water partition coefficient (Wildman–Crippen LogP) is 0.127. The van der Waals surface area contributed by atoms with E-state index in [-0.39, 0.29) is 4.90 Å². The number of primary sulfonamides is 1. The quantitative estimate of drug-likeness (QED) is 0.685. The zero-order valence-electron chi connectivity index (χ0n) is 8.34. The van der Waals surface area contributed by atoms with Gasteiger partial charge in [-0.2, -0.15) is 0 Å². The lowest BCUT2D eigenvalue weighted by Crippen LogP contribution is -2.15. The largest absolute Gasteiger partial charge is 0.392 e. The summed E-state index contributed by atoms with van der Waals surface area (Å²) in [5, 5.41) is 16.9. The van der Waals surface area contributed by atoms with Crippen LogP contribution in [0.2, 0.25) is 0 Å². The van der Waals surface area contributed by atoms with E-state index in [4.69, 9.17) is 10.2 Å². The highest BCUT2D eigenvalue weighted by atomic mass is 32.2. The van der Waals surface area contributed by atoms with E-state index in [0.717, 1.165) is 5.69 Å². The molecule has 0 saturated heterocycles. The molecule has 1 atom stereocenters. The van der Waals surface area contributed by atoms with Crippen LogP contribution in [0.25, 0.3) is 0 Å². The van der Waals surface area contributed by atoms with Crippen molar-refractivity contribution in [3.05, 3.63) is 24.3 Å². The Bertz CT molecular complexity index is 411. The van der Waals surface area contributed by atoms with E-state index in [2.05, 4.69) is 5.32 Å². The van der Waals surface area contributed by atoms with Crippen molar-refractivity contribution in [2.75, 3.05) is 11.9 Å². The lowest BCUT2D eigenvalue weighted by molar-refractivity contribution is 0.208. The molecule has 0 aromatic heterocycles. The van der Waals surface area contributed by atoms with Gasteiger partial charge in [0, 0.05) is 12.2 Å². The highest BCUT2D eigenvalue weighted by Gasteiger charge is 2.06. The molecule has 0 saturated carbocycles. The van der Waals surface area contributed by atoms with Gasteiger partial charge in [0.2, 0.25) is 10.0 Å². The maximum Gasteiger partial charge on any atom is 0.238 e. The van der Waals surface area contributed by atoms with Crippen LogP contribution in [0.4, 0.5) is 5.69 Å². The van der Waals surface area contributed by atoms with Crippen LogP contribution in [0.15, 0.2) is 29.2 Å². The van der Waals surface area contributed by atoms with Gasteiger partial charge in [0.1, 0.15) is 0 Å². The molecule has 0 bridgehead atoms. The molecule has 5 nitrogen and oxygen atoms in total. The number of nitrogens with two attached hydrogens (primary N) is 1. The molecule has 1 unspecified atom stereocenters. The van der Waals surface area contributed by atoms with Gasteiger partial charge in [0.25, 0.3) is 0 Å². The summed E-state index contributed by atoms with van der Waals surface area (Å²) in [4.78, 5) is 0.0742. The Morgan fingerprint density at radius 2 is 1.93 bits per heavy atom. The summed E-state index contributed by atoms with van der Waals surface area (Å²) >= 11 is 0. The first kappa shape index (κ1) is 12.0. The summed E-state index contributed by atoms with van der Waals surface area (Å²) in [5.41, 5.74) is 0.739. The molecule has 0 spiro atoms.